The minimum absolute atomic E-state index is 0.815. The highest BCUT2D eigenvalue weighted by Crippen LogP contribution is 2.13. The smallest absolute Gasteiger partial charge is 0.101 e. The van der Waals surface area contributed by atoms with Gasteiger partial charge in [-0.15, -0.1) is 0 Å². The number of hydrogen-bond acceptors (Lipinski definition) is 0. The van der Waals surface area contributed by atoms with E-state index < -0.39 is 0 Å². The molecule has 0 rings (SSSR count). The average molecular weight is 363 g/mol. The minimum Gasteiger partial charge on any atom is -0.248 e. The molecule has 0 amide bonds. The van der Waals surface area contributed by atoms with Crippen molar-refractivity contribution < 1.29 is 4.48 Å². The first-order chi connectivity index (χ1) is 12.7. The van der Waals surface area contributed by atoms with Crippen molar-refractivity contribution in [2.24, 2.45) is 0 Å². The van der Waals surface area contributed by atoms with Crippen LogP contribution >= 0.6 is 0 Å². The van der Waals surface area contributed by atoms with Crippen molar-refractivity contribution in [2.75, 3.05) is 7.05 Å². The highest BCUT2D eigenvalue weighted by molar-refractivity contribution is 4.88. The van der Waals surface area contributed by atoms with Gasteiger partial charge in [0.25, 0.3) is 0 Å². The molecule has 0 aliphatic heterocycles. The molecular weight excluding hydrogens is 314 g/mol. The van der Waals surface area contributed by atoms with Crippen molar-refractivity contribution in [3.05, 3.63) is 36.8 Å². The summed E-state index contributed by atoms with van der Waals surface area (Å²) >= 11 is 0. The van der Waals surface area contributed by atoms with Crippen molar-refractivity contribution in [1.82, 2.24) is 0 Å². The van der Waals surface area contributed by atoms with E-state index in [-0.39, 0.29) is 0 Å². The lowest BCUT2D eigenvalue weighted by Gasteiger charge is -2.20. The third-order valence-corrected chi connectivity index (χ3v) is 4.95. The molecular formula is C25H48N+. The molecule has 0 fully saturated rings. The van der Waals surface area contributed by atoms with E-state index >= 15 is 0 Å². The summed E-state index contributed by atoms with van der Waals surface area (Å²) in [5.41, 5.74) is 0. The van der Waals surface area contributed by atoms with Gasteiger partial charge in [-0.25, -0.2) is 4.48 Å². The Labute approximate surface area is 165 Å². The molecule has 0 aliphatic rings. The molecule has 0 unspecified atom stereocenters. The van der Waals surface area contributed by atoms with Gasteiger partial charge in [-0.3, -0.25) is 0 Å². The fourth-order valence-corrected chi connectivity index (χ4v) is 3.12. The quantitative estimate of drug-likeness (QED) is 0.169. The predicted octanol–water partition coefficient (Wildman–Crippen LogP) is 8.89. The number of rotatable bonds is 18. The Bertz CT molecular complexity index is 309. The van der Waals surface area contributed by atoms with Crippen molar-refractivity contribution >= 4 is 0 Å². The Kier molecular flexibility index (Phi) is 18.4. The second kappa shape index (κ2) is 19.0. The van der Waals surface area contributed by atoms with Crippen LogP contribution in [-0.4, -0.2) is 11.5 Å². The van der Waals surface area contributed by atoms with Crippen LogP contribution in [0.1, 0.15) is 117 Å². The molecule has 1 nitrogen and oxygen atoms in total. The maximum Gasteiger partial charge on any atom is 0.101 e. The maximum atomic E-state index is 2.39. The third kappa shape index (κ3) is 16.6. The molecule has 0 aromatic rings. The lowest BCUT2D eigenvalue weighted by Crippen LogP contribution is -2.24. The first-order valence-electron chi connectivity index (χ1n) is 11.6. The molecule has 0 aromatic carbocycles. The first kappa shape index (κ1) is 25.2. The van der Waals surface area contributed by atoms with Gasteiger partial charge < -0.3 is 0 Å². The molecule has 0 bridgehead atoms. The Morgan fingerprint density at radius 2 is 0.769 bits per heavy atom. The second-order valence-corrected chi connectivity index (χ2v) is 7.92. The summed E-state index contributed by atoms with van der Waals surface area (Å²) in [6.45, 7) is 6.83. The number of quaternary nitrogens is 1. The number of unbranched alkanes of at least 4 members (excludes halogenated alkanes) is 12. The summed E-state index contributed by atoms with van der Waals surface area (Å²) in [4.78, 5) is 0. The summed E-state index contributed by atoms with van der Waals surface area (Å²) in [5, 5.41) is 0. The standard InChI is InChI=1S/C25H48N/c1-5-8-11-14-17-20-23-26(4,24-21-18-15-12-9-6-2)25-22-19-16-13-10-7-3/h20-25H,5-19H2,1-4H3/q+1/b23-20+,24-21+,25-22+. The fraction of sp³-hybridized carbons (Fsp3) is 0.760. The summed E-state index contributed by atoms with van der Waals surface area (Å²) in [7, 11) is 2.30. The van der Waals surface area contributed by atoms with Crippen LogP contribution in [0.4, 0.5) is 0 Å². The van der Waals surface area contributed by atoms with Crippen LogP contribution in [0.2, 0.25) is 0 Å². The summed E-state index contributed by atoms with van der Waals surface area (Å²) in [6, 6.07) is 0. The Balaban J connectivity index is 4.45. The van der Waals surface area contributed by atoms with Gasteiger partial charge in [-0.2, -0.15) is 0 Å². The highest BCUT2D eigenvalue weighted by atomic mass is 15.3. The Morgan fingerprint density at radius 1 is 0.462 bits per heavy atom. The van der Waals surface area contributed by atoms with Crippen LogP contribution in [0.15, 0.2) is 36.8 Å². The largest absolute Gasteiger partial charge is 0.248 e. The average Bonchev–Trinajstić information content (AvgIpc) is 2.64. The Morgan fingerprint density at radius 3 is 1.04 bits per heavy atom. The Hall–Kier alpha value is -0.820. The van der Waals surface area contributed by atoms with Crippen molar-refractivity contribution in [3.8, 4) is 0 Å². The van der Waals surface area contributed by atoms with E-state index in [0.717, 1.165) is 4.48 Å². The number of hydrogen-bond donors (Lipinski definition) is 0. The van der Waals surface area contributed by atoms with Crippen molar-refractivity contribution in [1.29, 1.82) is 0 Å². The molecule has 0 saturated carbocycles. The topological polar surface area (TPSA) is 0 Å². The van der Waals surface area contributed by atoms with Crippen LogP contribution in [0.5, 0.6) is 0 Å². The van der Waals surface area contributed by atoms with Gasteiger partial charge in [0.1, 0.15) is 18.6 Å². The van der Waals surface area contributed by atoms with E-state index in [4.69, 9.17) is 0 Å². The molecule has 0 N–H and O–H groups in total. The summed E-state index contributed by atoms with van der Waals surface area (Å²) in [6.07, 6.45) is 34.1. The van der Waals surface area contributed by atoms with Gasteiger partial charge in [0.15, 0.2) is 0 Å². The van der Waals surface area contributed by atoms with Gasteiger partial charge in [0.05, 0.1) is 7.05 Å². The highest BCUT2D eigenvalue weighted by Gasteiger charge is 2.10. The van der Waals surface area contributed by atoms with E-state index in [2.05, 4.69) is 64.6 Å². The number of nitrogens with zero attached hydrogens (tertiary/aromatic N) is 1. The molecule has 152 valence electrons. The molecule has 1 heteroatoms. The monoisotopic (exact) mass is 362 g/mol. The fourth-order valence-electron chi connectivity index (χ4n) is 3.12. The van der Waals surface area contributed by atoms with Crippen molar-refractivity contribution in [3.63, 3.8) is 0 Å². The SMILES string of the molecule is CCCCCC/C=C/[N+](C)(/C=C/CCCCCC)/C=C/CCCCCC. The molecule has 0 atom stereocenters. The van der Waals surface area contributed by atoms with Crippen LogP contribution < -0.4 is 0 Å². The predicted molar refractivity (Wildman–Crippen MR) is 120 cm³/mol. The molecule has 0 aliphatic carbocycles. The molecule has 0 radical (unpaired) electrons. The minimum atomic E-state index is 0.815. The molecule has 0 heterocycles. The van der Waals surface area contributed by atoms with E-state index in [1.54, 1.807) is 0 Å². The van der Waals surface area contributed by atoms with E-state index in [0.29, 0.717) is 0 Å². The van der Waals surface area contributed by atoms with E-state index in [1.165, 1.54) is 96.3 Å². The lowest BCUT2D eigenvalue weighted by atomic mass is 10.1. The zero-order valence-corrected chi connectivity index (χ0v) is 18.5. The summed E-state index contributed by atoms with van der Waals surface area (Å²) in [5.74, 6) is 0. The van der Waals surface area contributed by atoms with Crippen LogP contribution in [0, 0.1) is 0 Å². The van der Waals surface area contributed by atoms with Gasteiger partial charge in [-0.05, 0) is 56.8 Å². The third-order valence-electron chi connectivity index (χ3n) is 4.95. The van der Waals surface area contributed by atoms with Crippen LogP contribution in [0.25, 0.3) is 0 Å². The maximum absolute atomic E-state index is 2.39. The second-order valence-electron chi connectivity index (χ2n) is 7.92. The summed E-state index contributed by atoms with van der Waals surface area (Å²) < 4.78 is 0.815. The first-order valence-corrected chi connectivity index (χ1v) is 11.6. The molecule has 0 saturated heterocycles. The van der Waals surface area contributed by atoms with Gasteiger partial charge >= 0.3 is 0 Å². The zero-order valence-electron chi connectivity index (χ0n) is 18.5. The number of allylic oxidation sites excluding steroid dienone is 3. The molecule has 0 spiro atoms. The molecule has 0 aromatic heterocycles. The van der Waals surface area contributed by atoms with Gasteiger partial charge in [-0.1, -0.05) is 78.6 Å². The van der Waals surface area contributed by atoms with Crippen LogP contribution in [0.3, 0.4) is 0 Å². The van der Waals surface area contributed by atoms with E-state index in [9.17, 15) is 0 Å². The zero-order chi connectivity index (χ0) is 19.3. The normalized spacial score (nSPS) is 12.9. The van der Waals surface area contributed by atoms with E-state index in [1.807, 2.05) is 0 Å². The molecule has 26 heavy (non-hydrogen) atoms. The van der Waals surface area contributed by atoms with Crippen molar-refractivity contribution in [2.45, 2.75) is 117 Å². The van der Waals surface area contributed by atoms with Crippen LogP contribution in [-0.2, 0) is 0 Å². The lowest BCUT2D eigenvalue weighted by molar-refractivity contribution is -0.750. The van der Waals surface area contributed by atoms with Gasteiger partial charge in [0, 0.05) is 0 Å². The van der Waals surface area contributed by atoms with Gasteiger partial charge in [0.2, 0.25) is 0 Å².